The Morgan fingerprint density at radius 3 is 3.10 bits per heavy atom. The number of aryl methyl sites for hydroxylation is 1. The first-order valence-electron chi connectivity index (χ1n) is 7.45. The minimum Gasteiger partial charge on any atom is -0.497 e. The van der Waals surface area contributed by atoms with Crippen LogP contribution in [0.1, 0.15) is 29.1 Å². The molecule has 0 bridgehead atoms. The Labute approximate surface area is 125 Å². The lowest BCUT2D eigenvalue weighted by atomic mass is 9.87. The van der Waals surface area contributed by atoms with Crippen molar-refractivity contribution in [1.82, 2.24) is 9.97 Å². The highest BCUT2D eigenvalue weighted by Crippen LogP contribution is 2.23. The highest BCUT2D eigenvalue weighted by molar-refractivity contribution is 5.31. The number of methoxy groups -OCH3 is 1. The Morgan fingerprint density at radius 2 is 2.29 bits per heavy atom. The highest BCUT2D eigenvalue weighted by Gasteiger charge is 2.19. The van der Waals surface area contributed by atoms with Crippen LogP contribution in [-0.4, -0.2) is 23.6 Å². The molecule has 4 nitrogen and oxygen atoms in total. The van der Waals surface area contributed by atoms with Gasteiger partial charge in [-0.2, -0.15) is 0 Å². The standard InChI is InChI=1S/C17H21N3O/c1-21-15-4-2-3-12(8-15)9-17-19-11-14-7-13(10-18)5-6-16(14)20-17/h2-4,8,11,13H,5-7,9-10,18H2,1H3. The van der Waals surface area contributed by atoms with Crippen LogP contribution in [-0.2, 0) is 19.3 Å². The number of hydrogen-bond donors (Lipinski definition) is 1. The molecule has 2 N–H and O–H groups in total. The fourth-order valence-electron chi connectivity index (χ4n) is 2.88. The maximum absolute atomic E-state index is 5.77. The number of nitrogens with zero attached hydrogens (tertiary/aromatic N) is 2. The van der Waals surface area contributed by atoms with Crippen LogP contribution in [0.4, 0.5) is 0 Å². The molecule has 0 saturated heterocycles. The van der Waals surface area contributed by atoms with Crippen molar-refractivity contribution in [3.05, 3.63) is 53.1 Å². The zero-order chi connectivity index (χ0) is 14.7. The van der Waals surface area contributed by atoms with E-state index in [9.17, 15) is 0 Å². The molecule has 0 fully saturated rings. The molecule has 0 aliphatic heterocycles. The number of nitrogens with two attached hydrogens (primary N) is 1. The minimum atomic E-state index is 0.588. The van der Waals surface area contributed by atoms with Crippen LogP contribution in [0.15, 0.2) is 30.5 Å². The Balaban J connectivity index is 1.78. The van der Waals surface area contributed by atoms with Crippen LogP contribution in [0.5, 0.6) is 5.75 Å². The largest absolute Gasteiger partial charge is 0.497 e. The predicted octanol–water partition coefficient (Wildman–Crippen LogP) is 2.14. The Morgan fingerprint density at radius 1 is 1.38 bits per heavy atom. The first kappa shape index (κ1) is 14.0. The molecule has 3 rings (SSSR count). The summed E-state index contributed by atoms with van der Waals surface area (Å²) in [4.78, 5) is 9.26. The second-order valence-corrected chi connectivity index (χ2v) is 5.63. The monoisotopic (exact) mass is 283 g/mol. The van der Waals surface area contributed by atoms with Gasteiger partial charge >= 0.3 is 0 Å². The number of aromatic nitrogens is 2. The lowest BCUT2D eigenvalue weighted by Gasteiger charge is -2.22. The topological polar surface area (TPSA) is 61.0 Å². The minimum absolute atomic E-state index is 0.588. The van der Waals surface area contributed by atoms with Gasteiger partial charge in [-0.05, 0) is 55.0 Å². The summed E-state index contributed by atoms with van der Waals surface area (Å²) < 4.78 is 5.25. The van der Waals surface area contributed by atoms with E-state index in [1.165, 1.54) is 16.8 Å². The van der Waals surface area contributed by atoms with Crippen LogP contribution < -0.4 is 10.5 Å². The van der Waals surface area contributed by atoms with Crippen LogP contribution >= 0.6 is 0 Å². The molecule has 1 unspecified atom stereocenters. The van der Waals surface area contributed by atoms with Gasteiger partial charge in [0.25, 0.3) is 0 Å². The summed E-state index contributed by atoms with van der Waals surface area (Å²) in [5, 5.41) is 0. The van der Waals surface area contributed by atoms with E-state index in [0.717, 1.165) is 43.8 Å². The lowest BCUT2D eigenvalue weighted by molar-refractivity contribution is 0.414. The Kier molecular flexibility index (Phi) is 4.15. The molecular weight excluding hydrogens is 262 g/mol. The molecule has 110 valence electrons. The molecule has 0 amide bonds. The number of fused-ring (bicyclic) bond motifs is 1. The quantitative estimate of drug-likeness (QED) is 0.934. The number of ether oxygens (including phenoxy) is 1. The summed E-state index contributed by atoms with van der Waals surface area (Å²) in [6, 6.07) is 8.06. The van der Waals surface area contributed by atoms with Crippen LogP contribution in [0, 0.1) is 5.92 Å². The van der Waals surface area contributed by atoms with Crippen molar-refractivity contribution >= 4 is 0 Å². The van der Waals surface area contributed by atoms with Crippen LogP contribution in [0.25, 0.3) is 0 Å². The molecule has 0 saturated carbocycles. The van der Waals surface area contributed by atoms with Crippen molar-refractivity contribution in [1.29, 1.82) is 0 Å². The molecule has 4 heteroatoms. The molecule has 1 aliphatic carbocycles. The van der Waals surface area contributed by atoms with Gasteiger partial charge in [0.2, 0.25) is 0 Å². The SMILES string of the molecule is COc1cccc(Cc2ncc3c(n2)CCC(CN)C3)c1. The van der Waals surface area contributed by atoms with Gasteiger partial charge in [0, 0.05) is 18.3 Å². The first-order chi connectivity index (χ1) is 10.3. The summed E-state index contributed by atoms with van der Waals surface area (Å²) in [5.74, 6) is 2.34. The van der Waals surface area contributed by atoms with Gasteiger partial charge < -0.3 is 10.5 Å². The van der Waals surface area contributed by atoms with E-state index >= 15 is 0 Å². The average molecular weight is 283 g/mol. The van der Waals surface area contributed by atoms with Crippen molar-refractivity contribution in [2.24, 2.45) is 11.7 Å². The Hall–Kier alpha value is -1.94. The normalized spacial score (nSPS) is 17.3. The smallest absolute Gasteiger partial charge is 0.132 e. The third-order valence-electron chi connectivity index (χ3n) is 4.13. The molecule has 0 radical (unpaired) electrons. The van der Waals surface area contributed by atoms with E-state index in [-0.39, 0.29) is 0 Å². The molecule has 1 atom stereocenters. The van der Waals surface area contributed by atoms with Crippen molar-refractivity contribution in [3.63, 3.8) is 0 Å². The van der Waals surface area contributed by atoms with E-state index in [2.05, 4.69) is 11.1 Å². The van der Waals surface area contributed by atoms with Gasteiger partial charge in [-0.25, -0.2) is 9.97 Å². The molecule has 1 aromatic carbocycles. The van der Waals surface area contributed by atoms with Gasteiger partial charge in [-0.1, -0.05) is 12.1 Å². The summed E-state index contributed by atoms with van der Waals surface area (Å²) in [6.07, 6.45) is 5.90. The number of rotatable bonds is 4. The van der Waals surface area contributed by atoms with E-state index in [1.54, 1.807) is 7.11 Å². The van der Waals surface area contributed by atoms with E-state index in [1.807, 2.05) is 24.4 Å². The third kappa shape index (κ3) is 3.22. The van der Waals surface area contributed by atoms with Gasteiger partial charge in [0.05, 0.1) is 7.11 Å². The van der Waals surface area contributed by atoms with E-state index < -0.39 is 0 Å². The summed E-state index contributed by atoms with van der Waals surface area (Å²) in [7, 11) is 1.68. The number of hydrogen-bond acceptors (Lipinski definition) is 4. The van der Waals surface area contributed by atoms with Crippen molar-refractivity contribution < 1.29 is 4.74 Å². The van der Waals surface area contributed by atoms with Crippen LogP contribution in [0.3, 0.4) is 0 Å². The lowest BCUT2D eigenvalue weighted by Crippen LogP contribution is -2.23. The second kappa shape index (κ2) is 6.22. The zero-order valence-electron chi connectivity index (χ0n) is 12.4. The molecule has 0 spiro atoms. The van der Waals surface area contributed by atoms with Gasteiger partial charge in [0.15, 0.2) is 0 Å². The van der Waals surface area contributed by atoms with Gasteiger partial charge in [0.1, 0.15) is 11.6 Å². The molecular formula is C17H21N3O. The van der Waals surface area contributed by atoms with Gasteiger partial charge in [-0.3, -0.25) is 0 Å². The van der Waals surface area contributed by atoms with Crippen molar-refractivity contribution in [2.45, 2.75) is 25.7 Å². The maximum Gasteiger partial charge on any atom is 0.132 e. The van der Waals surface area contributed by atoms with Gasteiger partial charge in [-0.15, -0.1) is 0 Å². The fraction of sp³-hybridized carbons (Fsp3) is 0.412. The maximum atomic E-state index is 5.77. The number of benzene rings is 1. The predicted molar refractivity (Wildman–Crippen MR) is 82.4 cm³/mol. The highest BCUT2D eigenvalue weighted by atomic mass is 16.5. The third-order valence-corrected chi connectivity index (χ3v) is 4.13. The second-order valence-electron chi connectivity index (χ2n) is 5.63. The zero-order valence-corrected chi connectivity index (χ0v) is 12.4. The van der Waals surface area contributed by atoms with Crippen molar-refractivity contribution in [3.8, 4) is 5.75 Å². The summed E-state index contributed by atoms with van der Waals surface area (Å²) in [5.41, 5.74) is 9.41. The fourth-order valence-corrected chi connectivity index (χ4v) is 2.88. The van der Waals surface area contributed by atoms with E-state index in [0.29, 0.717) is 5.92 Å². The first-order valence-corrected chi connectivity index (χ1v) is 7.45. The van der Waals surface area contributed by atoms with E-state index in [4.69, 9.17) is 15.5 Å². The average Bonchev–Trinajstić information content (AvgIpc) is 2.54. The molecule has 1 heterocycles. The molecule has 1 aliphatic rings. The molecule has 2 aromatic rings. The Bertz CT molecular complexity index is 627. The van der Waals surface area contributed by atoms with Crippen molar-refractivity contribution in [2.75, 3.05) is 13.7 Å². The van der Waals surface area contributed by atoms with Crippen LogP contribution in [0.2, 0.25) is 0 Å². The summed E-state index contributed by atoms with van der Waals surface area (Å²) in [6.45, 7) is 0.755. The molecule has 21 heavy (non-hydrogen) atoms. The summed E-state index contributed by atoms with van der Waals surface area (Å²) >= 11 is 0. The molecule has 1 aromatic heterocycles.